The van der Waals surface area contributed by atoms with Crippen molar-refractivity contribution in [1.29, 1.82) is 0 Å². The number of hydrogen-bond donors (Lipinski definition) is 2. The number of rotatable bonds is 3. The molecule has 1 aromatic heterocycles. The van der Waals surface area contributed by atoms with Gasteiger partial charge >= 0.3 is 11.6 Å². The second-order valence-corrected chi connectivity index (χ2v) is 4.93. The maximum absolute atomic E-state index is 12.2. The number of nitrogens with zero attached hydrogens (tertiary/aromatic N) is 1. The van der Waals surface area contributed by atoms with Crippen LogP contribution in [0.2, 0.25) is 0 Å². The van der Waals surface area contributed by atoms with Crippen LogP contribution in [0.3, 0.4) is 0 Å². The molecule has 2 aromatic carbocycles. The van der Waals surface area contributed by atoms with E-state index in [0.29, 0.717) is 28.0 Å². The van der Waals surface area contributed by atoms with Crippen molar-refractivity contribution in [3.63, 3.8) is 0 Å². The Morgan fingerprint density at radius 2 is 1.75 bits per heavy atom. The van der Waals surface area contributed by atoms with Crippen molar-refractivity contribution in [3.8, 4) is 5.75 Å². The Bertz CT molecular complexity index is 987. The van der Waals surface area contributed by atoms with Crippen LogP contribution in [0.15, 0.2) is 68.8 Å². The standard InChI is InChI=1S/C17H13N3O4/c18-17(19)20-12-4-1-10(2-5-12)16(22)23-13-6-7-14-11(9-13)3-8-15(21)24-14/h1-9H,(H4,18,19,20). The van der Waals surface area contributed by atoms with Crippen molar-refractivity contribution in [2.45, 2.75) is 0 Å². The Hall–Kier alpha value is -3.61. The van der Waals surface area contributed by atoms with Gasteiger partial charge in [0, 0.05) is 11.5 Å². The van der Waals surface area contributed by atoms with E-state index in [1.807, 2.05) is 0 Å². The molecule has 0 bridgehead atoms. The van der Waals surface area contributed by atoms with Crippen LogP contribution in [0.4, 0.5) is 5.69 Å². The van der Waals surface area contributed by atoms with Crippen LogP contribution < -0.4 is 21.8 Å². The molecule has 0 saturated heterocycles. The van der Waals surface area contributed by atoms with Crippen LogP contribution in [-0.2, 0) is 0 Å². The SMILES string of the molecule is NC(N)=Nc1ccc(C(=O)Oc2ccc3oc(=O)ccc3c2)cc1. The van der Waals surface area contributed by atoms with Gasteiger partial charge < -0.3 is 20.6 Å². The van der Waals surface area contributed by atoms with Crippen molar-refractivity contribution in [2.24, 2.45) is 16.5 Å². The van der Waals surface area contributed by atoms with Gasteiger partial charge in [0.2, 0.25) is 0 Å². The molecule has 3 rings (SSSR count). The van der Waals surface area contributed by atoms with Crippen molar-refractivity contribution in [2.75, 3.05) is 0 Å². The molecule has 0 unspecified atom stereocenters. The molecule has 120 valence electrons. The number of carbonyl (C=O) groups excluding carboxylic acids is 1. The Morgan fingerprint density at radius 1 is 1.00 bits per heavy atom. The molecule has 0 fully saturated rings. The summed E-state index contributed by atoms with van der Waals surface area (Å²) >= 11 is 0. The zero-order valence-corrected chi connectivity index (χ0v) is 12.4. The van der Waals surface area contributed by atoms with Gasteiger partial charge in [-0.1, -0.05) is 0 Å². The summed E-state index contributed by atoms with van der Waals surface area (Å²) < 4.78 is 10.3. The van der Waals surface area contributed by atoms with Gasteiger partial charge in [-0.05, 0) is 48.5 Å². The van der Waals surface area contributed by atoms with E-state index in [0.717, 1.165) is 0 Å². The molecule has 0 aliphatic heterocycles. The lowest BCUT2D eigenvalue weighted by atomic mass is 10.2. The quantitative estimate of drug-likeness (QED) is 0.250. The number of fused-ring (bicyclic) bond motifs is 1. The first-order valence-electron chi connectivity index (χ1n) is 6.97. The fourth-order valence-corrected chi connectivity index (χ4v) is 2.10. The van der Waals surface area contributed by atoms with Crippen LogP contribution in [0.1, 0.15) is 10.4 Å². The molecule has 0 aliphatic rings. The molecule has 0 radical (unpaired) electrons. The van der Waals surface area contributed by atoms with E-state index in [9.17, 15) is 9.59 Å². The average molecular weight is 323 g/mol. The van der Waals surface area contributed by atoms with Crippen molar-refractivity contribution < 1.29 is 13.9 Å². The third kappa shape index (κ3) is 3.41. The van der Waals surface area contributed by atoms with Crippen LogP contribution in [0, 0.1) is 0 Å². The van der Waals surface area contributed by atoms with Crippen molar-refractivity contribution in [1.82, 2.24) is 0 Å². The predicted molar refractivity (Wildman–Crippen MR) is 89.4 cm³/mol. The van der Waals surface area contributed by atoms with Crippen LogP contribution >= 0.6 is 0 Å². The van der Waals surface area contributed by atoms with Gasteiger partial charge in [-0.15, -0.1) is 0 Å². The minimum Gasteiger partial charge on any atom is -0.423 e. The van der Waals surface area contributed by atoms with E-state index in [1.165, 1.54) is 6.07 Å². The summed E-state index contributed by atoms with van der Waals surface area (Å²) in [6, 6.07) is 14.0. The number of hydrogen-bond acceptors (Lipinski definition) is 5. The maximum atomic E-state index is 12.2. The van der Waals surface area contributed by atoms with E-state index in [1.54, 1.807) is 48.5 Å². The summed E-state index contributed by atoms with van der Waals surface area (Å²) in [7, 11) is 0. The van der Waals surface area contributed by atoms with Crippen LogP contribution in [-0.4, -0.2) is 11.9 Å². The Labute approximate surface area is 136 Å². The molecule has 0 atom stereocenters. The fourth-order valence-electron chi connectivity index (χ4n) is 2.10. The zero-order valence-electron chi connectivity index (χ0n) is 12.4. The third-order valence-corrected chi connectivity index (χ3v) is 3.16. The highest BCUT2D eigenvalue weighted by Crippen LogP contribution is 2.21. The van der Waals surface area contributed by atoms with E-state index in [2.05, 4.69) is 4.99 Å². The number of ether oxygens (including phenoxy) is 1. The van der Waals surface area contributed by atoms with Gasteiger partial charge in [0.25, 0.3) is 0 Å². The average Bonchev–Trinajstić information content (AvgIpc) is 2.55. The molecule has 0 saturated carbocycles. The summed E-state index contributed by atoms with van der Waals surface area (Å²) in [6.07, 6.45) is 0. The number of nitrogens with two attached hydrogens (primary N) is 2. The first kappa shape index (κ1) is 15.3. The lowest BCUT2D eigenvalue weighted by Crippen LogP contribution is -2.21. The molecule has 0 aliphatic carbocycles. The summed E-state index contributed by atoms with van der Waals surface area (Å²) in [4.78, 5) is 27.2. The molecule has 24 heavy (non-hydrogen) atoms. The number of guanidine groups is 1. The second kappa shape index (κ2) is 6.25. The summed E-state index contributed by atoms with van der Waals surface area (Å²) in [5, 5.41) is 0.656. The number of aliphatic imine (C=N–C) groups is 1. The Kier molecular flexibility index (Phi) is 3.98. The highest BCUT2D eigenvalue weighted by atomic mass is 16.5. The number of carbonyl (C=O) groups is 1. The van der Waals surface area contributed by atoms with Gasteiger partial charge in [0.15, 0.2) is 5.96 Å². The van der Waals surface area contributed by atoms with Gasteiger partial charge in [-0.3, -0.25) is 0 Å². The van der Waals surface area contributed by atoms with E-state index in [-0.39, 0.29) is 5.96 Å². The molecule has 7 heteroatoms. The molecule has 4 N–H and O–H groups in total. The highest BCUT2D eigenvalue weighted by molar-refractivity contribution is 5.92. The van der Waals surface area contributed by atoms with E-state index in [4.69, 9.17) is 20.6 Å². The number of esters is 1. The lowest BCUT2D eigenvalue weighted by molar-refractivity contribution is 0.0735. The third-order valence-electron chi connectivity index (χ3n) is 3.16. The molecule has 1 heterocycles. The van der Waals surface area contributed by atoms with Gasteiger partial charge in [-0.25, -0.2) is 14.6 Å². The number of benzene rings is 2. The van der Waals surface area contributed by atoms with E-state index < -0.39 is 11.6 Å². The second-order valence-electron chi connectivity index (χ2n) is 4.93. The fraction of sp³-hybridized carbons (Fsp3) is 0. The van der Waals surface area contributed by atoms with Crippen LogP contribution in [0.25, 0.3) is 11.0 Å². The van der Waals surface area contributed by atoms with Crippen molar-refractivity contribution >= 4 is 28.6 Å². The molecule has 0 spiro atoms. The molecular formula is C17H13N3O4. The van der Waals surface area contributed by atoms with Crippen LogP contribution in [0.5, 0.6) is 5.75 Å². The molecule has 7 nitrogen and oxygen atoms in total. The minimum atomic E-state index is -0.525. The van der Waals surface area contributed by atoms with Crippen molar-refractivity contribution in [3.05, 3.63) is 70.6 Å². The smallest absolute Gasteiger partial charge is 0.343 e. The Morgan fingerprint density at radius 3 is 2.46 bits per heavy atom. The largest absolute Gasteiger partial charge is 0.423 e. The molecular weight excluding hydrogens is 310 g/mol. The lowest BCUT2D eigenvalue weighted by Gasteiger charge is -2.05. The molecule has 0 amide bonds. The summed E-state index contributed by atoms with van der Waals surface area (Å²) in [6.45, 7) is 0. The summed E-state index contributed by atoms with van der Waals surface area (Å²) in [5.41, 5.74) is 11.4. The normalized spacial score (nSPS) is 10.3. The summed E-state index contributed by atoms with van der Waals surface area (Å²) in [5.74, 6) is -0.245. The van der Waals surface area contributed by atoms with Gasteiger partial charge in [-0.2, -0.15) is 0 Å². The highest BCUT2D eigenvalue weighted by Gasteiger charge is 2.09. The first-order valence-corrected chi connectivity index (χ1v) is 6.97. The first-order chi connectivity index (χ1) is 11.5. The minimum absolute atomic E-state index is 0.0619. The molecule has 3 aromatic rings. The van der Waals surface area contributed by atoms with E-state index >= 15 is 0 Å². The topological polar surface area (TPSA) is 121 Å². The van der Waals surface area contributed by atoms with Gasteiger partial charge in [0.1, 0.15) is 11.3 Å². The predicted octanol–water partition coefficient (Wildman–Crippen LogP) is 1.92. The monoisotopic (exact) mass is 323 g/mol. The maximum Gasteiger partial charge on any atom is 0.343 e. The van der Waals surface area contributed by atoms with Gasteiger partial charge in [0.05, 0.1) is 11.3 Å². The zero-order chi connectivity index (χ0) is 17.1. The Balaban J connectivity index is 1.80.